The molecule has 2 N–H and O–H groups in total. The largest absolute Gasteiger partial charge is 0.480 e. The number of aliphatic carboxylic acids is 1. The van der Waals surface area contributed by atoms with Gasteiger partial charge in [-0.05, 0) is 25.5 Å². The van der Waals surface area contributed by atoms with Crippen molar-refractivity contribution in [3.63, 3.8) is 0 Å². The summed E-state index contributed by atoms with van der Waals surface area (Å²) in [7, 11) is 0. The maximum atomic E-state index is 13.6. The highest BCUT2D eigenvalue weighted by Crippen LogP contribution is 2.15. The number of piperidine rings is 1. The lowest BCUT2D eigenvalue weighted by Crippen LogP contribution is -2.46. The van der Waals surface area contributed by atoms with E-state index in [0.29, 0.717) is 12.1 Å². The maximum absolute atomic E-state index is 13.6. The van der Waals surface area contributed by atoms with Crippen LogP contribution in [0.15, 0.2) is 24.3 Å². The van der Waals surface area contributed by atoms with E-state index in [2.05, 4.69) is 10.2 Å². The van der Waals surface area contributed by atoms with E-state index in [4.69, 9.17) is 5.11 Å². The minimum Gasteiger partial charge on any atom is -0.480 e. The van der Waals surface area contributed by atoms with Crippen LogP contribution in [0.2, 0.25) is 0 Å². The van der Waals surface area contributed by atoms with E-state index in [1.54, 1.807) is 12.1 Å². The molecule has 0 spiro atoms. The Labute approximate surface area is 112 Å². The van der Waals surface area contributed by atoms with Crippen LogP contribution in [0.1, 0.15) is 18.4 Å². The van der Waals surface area contributed by atoms with Crippen LogP contribution in [-0.2, 0) is 11.3 Å². The first-order chi connectivity index (χ1) is 9.15. The van der Waals surface area contributed by atoms with Crippen LogP contribution in [-0.4, -0.2) is 41.7 Å². The molecule has 4 nitrogen and oxygen atoms in total. The number of benzene rings is 1. The monoisotopic (exact) mass is 266 g/mol. The van der Waals surface area contributed by atoms with E-state index in [0.717, 1.165) is 25.9 Å². The molecule has 0 saturated carbocycles. The summed E-state index contributed by atoms with van der Waals surface area (Å²) in [5, 5.41) is 11.7. The number of nitrogens with one attached hydrogen (secondary N) is 1. The van der Waals surface area contributed by atoms with Gasteiger partial charge in [0.2, 0.25) is 0 Å². The molecule has 0 radical (unpaired) electrons. The Bertz CT molecular complexity index is 439. The lowest BCUT2D eigenvalue weighted by molar-refractivity contribution is -0.136. The SMILES string of the molecule is O=C(O)CNC1CCCN(Cc2ccccc2F)C1. The second-order valence-corrected chi connectivity index (χ2v) is 4.94. The zero-order valence-corrected chi connectivity index (χ0v) is 10.8. The number of likely N-dealkylation sites (tertiary alicyclic amines) is 1. The highest BCUT2D eigenvalue weighted by Gasteiger charge is 2.20. The van der Waals surface area contributed by atoms with E-state index in [-0.39, 0.29) is 18.4 Å². The van der Waals surface area contributed by atoms with Gasteiger partial charge in [0.25, 0.3) is 0 Å². The topological polar surface area (TPSA) is 52.6 Å². The molecule has 0 aliphatic carbocycles. The summed E-state index contributed by atoms with van der Waals surface area (Å²) in [6.45, 7) is 2.26. The van der Waals surface area contributed by atoms with E-state index in [9.17, 15) is 9.18 Å². The van der Waals surface area contributed by atoms with E-state index in [1.807, 2.05) is 6.07 Å². The predicted molar refractivity (Wildman–Crippen MR) is 70.3 cm³/mol. The lowest BCUT2D eigenvalue weighted by atomic mass is 10.0. The Morgan fingerprint density at radius 2 is 2.26 bits per heavy atom. The molecular weight excluding hydrogens is 247 g/mol. The number of halogens is 1. The molecule has 5 heteroatoms. The first-order valence-corrected chi connectivity index (χ1v) is 6.56. The third-order valence-electron chi connectivity index (χ3n) is 3.40. The molecule has 1 atom stereocenters. The summed E-state index contributed by atoms with van der Waals surface area (Å²) < 4.78 is 13.6. The van der Waals surface area contributed by atoms with Crippen molar-refractivity contribution in [1.29, 1.82) is 0 Å². The number of nitrogens with zero attached hydrogens (tertiary/aromatic N) is 1. The number of carboxylic acid groups (broad SMARTS) is 1. The molecule has 19 heavy (non-hydrogen) atoms. The van der Waals surface area contributed by atoms with Gasteiger partial charge in [0.05, 0.1) is 6.54 Å². The molecule has 1 aliphatic heterocycles. The second-order valence-electron chi connectivity index (χ2n) is 4.94. The summed E-state index contributed by atoms with van der Waals surface area (Å²) >= 11 is 0. The van der Waals surface area contributed by atoms with Crippen LogP contribution in [0.4, 0.5) is 4.39 Å². The molecule has 1 aromatic rings. The summed E-state index contributed by atoms with van der Waals surface area (Å²) in [5.74, 6) is -1.02. The van der Waals surface area contributed by atoms with Gasteiger partial charge in [0.1, 0.15) is 5.82 Å². The summed E-state index contributed by atoms with van der Waals surface area (Å²) in [5.41, 5.74) is 0.696. The first kappa shape index (κ1) is 14.0. The van der Waals surface area contributed by atoms with Crippen molar-refractivity contribution >= 4 is 5.97 Å². The molecule has 2 rings (SSSR count). The van der Waals surface area contributed by atoms with Gasteiger partial charge in [0.15, 0.2) is 0 Å². The van der Waals surface area contributed by atoms with Gasteiger partial charge in [0, 0.05) is 24.7 Å². The minimum absolute atomic E-state index is 0.0157. The maximum Gasteiger partial charge on any atom is 0.317 e. The molecule has 104 valence electrons. The Kier molecular flexibility index (Phi) is 4.87. The van der Waals surface area contributed by atoms with Crippen LogP contribution in [0, 0.1) is 5.82 Å². The quantitative estimate of drug-likeness (QED) is 0.847. The van der Waals surface area contributed by atoms with E-state index in [1.165, 1.54) is 6.07 Å². The standard InChI is InChI=1S/C14H19FN2O2/c15-13-6-2-1-4-11(13)9-17-7-3-5-12(10-17)16-8-14(18)19/h1-2,4,6,12,16H,3,5,7-10H2,(H,18,19). The van der Waals surface area contributed by atoms with Crippen molar-refractivity contribution < 1.29 is 14.3 Å². The Hall–Kier alpha value is -1.46. The molecule has 1 unspecified atom stereocenters. The molecule has 0 amide bonds. The van der Waals surface area contributed by atoms with Gasteiger partial charge in [-0.25, -0.2) is 4.39 Å². The number of carboxylic acids is 1. The van der Waals surface area contributed by atoms with Gasteiger partial charge in [-0.3, -0.25) is 9.69 Å². The number of hydrogen-bond donors (Lipinski definition) is 2. The smallest absolute Gasteiger partial charge is 0.317 e. The summed E-state index contributed by atoms with van der Waals surface area (Å²) in [4.78, 5) is 12.7. The van der Waals surface area contributed by atoms with Crippen molar-refractivity contribution in [2.45, 2.75) is 25.4 Å². The lowest BCUT2D eigenvalue weighted by Gasteiger charge is -2.33. The third kappa shape index (κ3) is 4.29. The number of rotatable bonds is 5. The van der Waals surface area contributed by atoms with Gasteiger partial charge < -0.3 is 10.4 Å². The van der Waals surface area contributed by atoms with Crippen LogP contribution in [0.25, 0.3) is 0 Å². The predicted octanol–water partition coefficient (Wildman–Crippen LogP) is 1.46. The zero-order chi connectivity index (χ0) is 13.7. The molecular formula is C14H19FN2O2. The molecule has 1 saturated heterocycles. The van der Waals surface area contributed by atoms with Gasteiger partial charge in [-0.1, -0.05) is 18.2 Å². The van der Waals surface area contributed by atoms with Crippen molar-refractivity contribution in [3.05, 3.63) is 35.6 Å². The second kappa shape index (κ2) is 6.63. The molecule has 1 fully saturated rings. The highest BCUT2D eigenvalue weighted by atomic mass is 19.1. The first-order valence-electron chi connectivity index (χ1n) is 6.56. The highest BCUT2D eigenvalue weighted by molar-refractivity contribution is 5.69. The van der Waals surface area contributed by atoms with E-state index < -0.39 is 5.97 Å². The van der Waals surface area contributed by atoms with Crippen LogP contribution < -0.4 is 5.32 Å². The molecule has 1 heterocycles. The molecule has 1 aromatic carbocycles. The average molecular weight is 266 g/mol. The van der Waals surface area contributed by atoms with Crippen LogP contribution in [0.5, 0.6) is 0 Å². The third-order valence-corrected chi connectivity index (χ3v) is 3.40. The number of carbonyl (C=O) groups is 1. The molecule has 0 aromatic heterocycles. The Morgan fingerprint density at radius 1 is 1.47 bits per heavy atom. The van der Waals surface area contributed by atoms with Crippen molar-refractivity contribution in [1.82, 2.24) is 10.2 Å². The number of hydrogen-bond acceptors (Lipinski definition) is 3. The summed E-state index contributed by atoms with van der Waals surface area (Å²) in [6, 6.07) is 6.97. The Morgan fingerprint density at radius 3 is 3.00 bits per heavy atom. The zero-order valence-electron chi connectivity index (χ0n) is 10.8. The fraction of sp³-hybridized carbons (Fsp3) is 0.500. The minimum atomic E-state index is -0.841. The van der Waals surface area contributed by atoms with Gasteiger partial charge in [-0.15, -0.1) is 0 Å². The van der Waals surface area contributed by atoms with Crippen LogP contribution in [0.3, 0.4) is 0 Å². The van der Waals surface area contributed by atoms with E-state index >= 15 is 0 Å². The van der Waals surface area contributed by atoms with Crippen molar-refractivity contribution in [2.24, 2.45) is 0 Å². The average Bonchev–Trinajstić information content (AvgIpc) is 2.40. The fourth-order valence-corrected chi connectivity index (χ4v) is 2.46. The van der Waals surface area contributed by atoms with Gasteiger partial charge in [-0.2, -0.15) is 0 Å². The summed E-state index contributed by atoms with van der Waals surface area (Å²) in [6.07, 6.45) is 1.98. The van der Waals surface area contributed by atoms with Crippen LogP contribution >= 0.6 is 0 Å². The van der Waals surface area contributed by atoms with Crippen molar-refractivity contribution in [2.75, 3.05) is 19.6 Å². The normalized spacial score (nSPS) is 20.4. The molecule has 0 bridgehead atoms. The Balaban J connectivity index is 1.87. The van der Waals surface area contributed by atoms with Gasteiger partial charge >= 0.3 is 5.97 Å². The molecule has 1 aliphatic rings. The fourth-order valence-electron chi connectivity index (χ4n) is 2.46. The van der Waals surface area contributed by atoms with Crippen molar-refractivity contribution in [3.8, 4) is 0 Å².